The summed E-state index contributed by atoms with van der Waals surface area (Å²) in [6, 6.07) is 11.9. The lowest BCUT2D eigenvalue weighted by molar-refractivity contribution is 0.415. The minimum atomic E-state index is 0.421. The predicted molar refractivity (Wildman–Crippen MR) is 84.5 cm³/mol. The number of pyridine rings is 1. The molecule has 0 aliphatic carbocycles. The van der Waals surface area contributed by atoms with Crippen molar-refractivity contribution in [1.82, 2.24) is 14.5 Å². The van der Waals surface area contributed by atoms with E-state index in [0.717, 1.165) is 33.9 Å². The molecule has 110 valence electrons. The number of benzene rings is 1. The molecule has 0 unspecified atom stereocenters. The van der Waals surface area contributed by atoms with Crippen LogP contribution in [0.4, 0.5) is 0 Å². The number of imidazole rings is 1. The van der Waals surface area contributed by atoms with Gasteiger partial charge in [0.15, 0.2) is 5.65 Å². The van der Waals surface area contributed by atoms with Crippen molar-refractivity contribution in [3.63, 3.8) is 0 Å². The predicted octanol–water partition coefficient (Wildman–Crippen LogP) is 3.33. The molecule has 0 fully saturated rings. The van der Waals surface area contributed by atoms with Crippen molar-refractivity contribution < 1.29 is 4.74 Å². The van der Waals surface area contributed by atoms with Gasteiger partial charge in [-0.2, -0.15) is 5.26 Å². The molecular weight excluding hydrogens is 276 g/mol. The normalized spacial score (nSPS) is 10.6. The Hall–Kier alpha value is -2.87. The van der Waals surface area contributed by atoms with Crippen LogP contribution in [0.1, 0.15) is 12.0 Å². The minimum Gasteiger partial charge on any atom is -0.497 e. The van der Waals surface area contributed by atoms with Gasteiger partial charge in [0, 0.05) is 18.3 Å². The third-order valence-electron chi connectivity index (χ3n) is 3.52. The van der Waals surface area contributed by atoms with Crippen molar-refractivity contribution in [2.45, 2.75) is 19.9 Å². The standard InChI is InChI=1S/C17H16N4O/c1-12-10-15-17(19-11-12)21(9-3-8-18)16(20-15)13-4-6-14(22-2)7-5-13/h4-7,10-11H,3,9H2,1-2H3. The molecule has 0 atom stereocenters. The summed E-state index contributed by atoms with van der Waals surface area (Å²) in [5.74, 6) is 1.63. The zero-order valence-corrected chi connectivity index (χ0v) is 12.6. The van der Waals surface area contributed by atoms with Gasteiger partial charge >= 0.3 is 0 Å². The molecule has 0 spiro atoms. The van der Waals surface area contributed by atoms with Gasteiger partial charge in [-0.1, -0.05) is 0 Å². The molecule has 1 aromatic carbocycles. The first-order valence-electron chi connectivity index (χ1n) is 7.07. The highest BCUT2D eigenvalue weighted by Gasteiger charge is 2.13. The third-order valence-corrected chi connectivity index (χ3v) is 3.52. The van der Waals surface area contributed by atoms with E-state index in [1.165, 1.54) is 0 Å². The second-order valence-corrected chi connectivity index (χ2v) is 5.08. The summed E-state index contributed by atoms with van der Waals surface area (Å²) >= 11 is 0. The van der Waals surface area contributed by atoms with Gasteiger partial charge in [-0.15, -0.1) is 0 Å². The van der Waals surface area contributed by atoms with E-state index in [0.29, 0.717) is 13.0 Å². The topological polar surface area (TPSA) is 63.7 Å². The smallest absolute Gasteiger partial charge is 0.160 e. The van der Waals surface area contributed by atoms with E-state index >= 15 is 0 Å². The Morgan fingerprint density at radius 2 is 2.05 bits per heavy atom. The molecule has 3 rings (SSSR count). The first kappa shape index (κ1) is 14.1. The van der Waals surface area contributed by atoms with E-state index in [1.54, 1.807) is 7.11 Å². The molecule has 0 aliphatic rings. The van der Waals surface area contributed by atoms with Crippen molar-refractivity contribution >= 4 is 11.2 Å². The zero-order valence-electron chi connectivity index (χ0n) is 12.6. The quantitative estimate of drug-likeness (QED) is 0.740. The summed E-state index contributed by atoms with van der Waals surface area (Å²) in [4.78, 5) is 9.18. The molecule has 2 heterocycles. The molecule has 5 nitrogen and oxygen atoms in total. The van der Waals surface area contributed by atoms with Gasteiger partial charge in [0.1, 0.15) is 17.1 Å². The Labute approximate surface area is 128 Å². The maximum Gasteiger partial charge on any atom is 0.160 e. The molecule has 22 heavy (non-hydrogen) atoms. The van der Waals surface area contributed by atoms with Crippen molar-refractivity contribution in [2.75, 3.05) is 7.11 Å². The van der Waals surface area contributed by atoms with Crippen LogP contribution in [0.25, 0.3) is 22.6 Å². The van der Waals surface area contributed by atoms with E-state index < -0.39 is 0 Å². The van der Waals surface area contributed by atoms with Gasteiger partial charge in [0.25, 0.3) is 0 Å². The Morgan fingerprint density at radius 3 is 2.73 bits per heavy atom. The molecular formula is C17H16N4O. The molecule has 0 saturated carbocycles. The summed E-state index contributed by atoms with van der Waals surface area (Å²) in [6.45, 7) is 2.57. The molecule has 0 aliphatic heterocycles. The maximum atomic E-state index is 8.89. The highest BCUT2D eigenvalue weighted by molar-refractivity contribution is 5.77. The first-order chi connectivity index (χ1) is 10.7. The number of fused-ring (bicyclic) bond motifs is 1. The number of rotatable bonds is 4. The zero-order chi connectivity index (χ0) is 15.5. The van der Waals surface area contributed by atoms with Crippen molar-refractivity contribution in [1.29, 1.82) is 5.26 Å². The molecule has 0 saturated heterocycles. The highest BCUT2D eigenvalue weighted by Crippen LogP contribution is 2.26. The van der Waals surface area contributed by atoms with Crippen LogP contribution >= 0.6 is 0 Å². The number of nitriles is 1. The van der Waals surface area contributed by atoms with Crippen LogP contribution in [-0.2, 0) is 6.54 Å². The van der Waals surface area contributed by atoms with Gasteiger partial charge in [-0.3, -0.25) is 0 Å². The molecule has 2 aromatic heterocycles. The summed E-state index contributed by atoms with van der Waals surface area (Å²) in [6.07, 6.45) is 2.24. The molecule has 0 radical (unpaired) electrons. The molecule has 0 bridgehead atoms. The first-order valence-corrected chi connectivity index (χ1v) is 7.07. The number of aryl methyl sites for hydroxylation is 2. The average molecular weight is 292 g/mol. The van der Waals surface area contributed by atoms with Crippen LogP contribution in [0.15, 0.2) is 36.5 Å². The maximum absolute atomic E-state index is 8.89. The summed E-state index contributed by atoms with van der Waals surface area (Å²) < 4.78 is 7.19. The van der Waals surface area contributed by atoms with E-state index in [2.05, 4.69) is 11.1 Å². The lowest BCUT2D eigenvalue weighted by atomic mass is 10.2. The van der Waals surface area contributed by atoms with Crippen LogP contribution in [0.3, 0.4) is 0 Å². The lowest BCUT2D eigenvalue weighted by Gasteiger charge is -2.07. The Morgan fingerprint density at radius 1 is 1.27 bits per heavy atom. The van der Waals surface area contributed by atoms with Gasteiger partial charge in [0.2, 0.25) is 0 Å². The number of nitrogens with zero attached hydrogens (tertiary/aromatic N) is 4. The van der Waals surface area contributed by atoms with Crippen molar-refractivity contribution in [3.05, 3.63) is 42.1 Å². The average Bonchev–Trinajstić information content (AvgIpc) is 2.90. The van der Waals surface area contributed by atoms with E-state index in [4.69, 9.17) is 15.0 Å². The third kappa shape index (κ3) is 2.51. The summed E-state index contributed by atoms with van der Waals surface area (Å²) in [7, 11) is 1.64. The summed E-state index contributed by atoms with van der Waals surface area (Å²) in [5, 5.41) is 8.89. The van der Waals surface area contributed by atoms with Crippen LogP contribution in [0, 0.1) is 18.3 Å². The Balaban J connectivity index is 2.15. The number of hydrogen-bond donors (Lipinski definition) is 0. The fraction of sp³-hybridized carbons (Fsp3) is 0.235. The summed E-state index contributed by atoms with van der Waals surface area (Å²) in [5.41, 5.74) is 3.71. The van der Waals surface area contributed by atoms with Crippen LogP contribution in [0.5, 0.6) is 5.75 Å². The number of methoxy groups -OCH3 is 1. The van der Waals surface area contributed by atoms with Gasteiger partial charge in [-0.25, -0.2) is 9.97 Å². The van der Waals surface area contributed by atoms with Gasteiger partial charge < -0.3 is 9.30 Å². The van der Waals surface area contributed by atoms with Crippen LogP contribution in [0.2, 0.25) is 0 Å². The lowest BCUT2D eigenvalue weighted by Crippen LogP contribution is -2.01. The molecule has 0 N–H and O–H groups in total. The Kier molecular flexibility index (Phi) is 3.75. The van der Waals surface area contributed by atoms with Crippen LogP contribution in [-0.4, -0.2) is 21.6 Å². The SMILES string of the molecule is COc1ccc(-c2nc3cc(C)cnc3n2CCC#N)cc1. The van der Waals surface area contributed by atoms with E-state index in [-0.39, 0.29) is 0 Å². The molecule has 3 aromatic rings. The number of aromatic nitrogens is 3. The largest absolute Gasteiger partial charge is 0.497 e. The molecule has 5 heteroatoms. The minimum absolute atomic E-state index is 0.421. The fourth-order valence-corrected chi connectivity index (χ4v) is 2.45. The van der Waals surface area contributed by atoms with Gasteiger partial charge in [-0.05, 0) is 42.8 Å². The van der Waals surface area contributed by atoms with E-state index in [9.17, 15) is 0 Å². The Bertz CT molecular complexity index is 843. The molecule has 0 amide bonds. The van der Waals surface area contributed by atoms with Crippen molar-refractivity contribution in [3.8, 4) is 23.2 Å². The monoisotopic (exact) mass is 292 g/mol. The second kappa shape index (κ2) is 5.86. The highest BCUT2D eigenvalue weighted by atomic mass is 16.5. The van der Waals surface area contributed by atoms with Crippen molar-refractivity contribution in [2.24, 2.45) is 0 Å². The fourth-order valence-electron chi connectivity index (χ4n) is 2.45. The van der Waals surface area contributed by atoms with E-state index in [1.807, 2.05) is 48.0 Å². The number of ether oxygens (including phenoxy) is 1. The number of hydrogen-bond acceptors (Lipinski definition) is 4. The second-order valence-electron chi connectivity index (χ2n) is 5.08. The van der Waals surface area contributed by atoms with Gasteiger partial charge in [0.05, 0.1) is 19.6 Å². The van der Waals surface area contributed by atoms with Crippen LogP contribution < -0.4 is 4.74 Å².